The Morgan fingerprint density at radius 3 is 2.48 bits per heavy atom. The molecule has 1 aromatic rings. The van der Waals surface area contributed by atoms with Crippen LogP contribution in [0.25, 0.3) is 0 Å². The summed E-state index contributed by atoms with van der Waals surface area (Å²) in [6.07, 6.45) is 1.06. The average molecular weight is 476 g/mol. The van der Waals surface area contributed by atoms with Gasteiger partial charge in [0.1, 0.15) is 10.9 Å². The first-order valence-corrected chi connectivity index (χ1v) is 11.6. The topological polar surface area (TPSA) is 124 Å². The SMILES string of the molecule is CC(C)(C)OC(=O)N1CCN(Cc2ccc(C=NN=C3NC(=O)C(CC(=O)O)S3)cc2)CC1. The molecule has 0 aromatic heterocycles. The number of carboxylic acid groups (broad SMARTS) is 1. The number of benzene rings is 1. The van der Waals surface area contributed by atoms with Crippen molar-refractivity contribution in [3.8, 4) is 0 Å². The van der Waals surface area contributed by atoms with Crippen LogP contribution in [-0.4, -0.2) is 81.3 Å². The van der Waals surface area contributed by atoms with Gasteiger partial charge in [0, 0.05) is 32.7 Å². The van der Waals surface area contributed by atoms with Crippen LogP contribution < -0.4 is 5.32 Å². The van der Waals surface area contributed by atoms with Gasteiger partial charge in [-0.15, -0.1) is 5.10 Å². The molecular formula is C22H29N5O5S. The van der Waals surface area contributed by atoms with Crippen LogP contribution in [0.5, 0.6) is 0 Å². The van der Waals surface area contributed by atoms with Crippen molar-refractivity contribution in [2.45, 2.75) is 44.6 Å². The summed E-state index contributed by atoms with van der Waals surface area (Å²) in [4.78, 5) is 38.7. The van der Waals surface area contributed by atoms with Crippen molar-refractivity contribution in [3.05, 3.63) is 35.4 Å². The van der Waals surface area contributed by atoms with Gasteiger partial charge in [-0.2, -0.15) is 5.10 Å². The molecule has 2 amide bonds. The van der Waals surface area contributed by atoms with Gasteiger partial charge >= 0.3 is 12.1 Å². The minimum absolute atomic E-state index is 0.253. The van der Waals surface area contributed by atoms with E-state index in [4.69, 9.17) is 9.84 Å². The summed E-state index contributed by atoms with van der Waals surface area (Å²) in [5.41, 5.74) is 1.52. The van der Waals surface area contributed by atoms with E-state index in [0.29, 0.717) is 18.3 Å². The summed E-state index contributed by atoms with van der Waals surface area (Å²) in [5.74, 6) is -1.40. The number of aliphatic carboxylic acids is 1. The second-order valence-corrected chi connectivity index (χ2v) is 10.0. The van der Waals surface area contributed by atoms with E-state index in [-0.39, 0.29) is 18.4 Å². The summed E-state index contributed by atoms with van der Waals surface area (Å²) >= 11 is 1.07. The van der Waals surface area contributed by atoms with Crippen molar-refractivity contribution in [1.29, 1.82) is 0 Å². The van der Waals surface area contributed by atoms with E-state index < -0.39 is 16.8 Å². The van der Waals surface area contributed by atoms with Crippen molar-refractivity contribution in [2.75, 3.05) is 26.2 Å². The fraction of sp³-hybridized carbons (Fsp3) is 0.500. The summed E-state index contributed by atoms with van der Waals surface area (Å²) < 4.78 is 5.44. The predicted molar refractivity (Wildman–Crippen MR) is 126 cm³/mol. The van der Waals surface area contributed by atoms with E-state index in [1.807, 2.05) is 45.0 Å². The maximum Gasteiger partial charge on any atom is 0.410 e. The number of ether oxygens (including phenoxy) is 1. The van der Waals surface area contributed by atoms with Crippen molar-refractivity contribution < 1.29 is 24.2 Å². The molecule has 0 radical (unpaired) electrons. The molecule has 178 valence electrons. The smallest absolute Gasteiger partial charge is 0.410 e. The number of nitrogens with zero attached hydrogens (tertiary/aromatic N) is 4. The van der Waals surface area contributed by atoms with Crippen LogP contribution in [0.1, 0.15) is 38.3 Å². The summed E-state index contributed by atoms with van der Waals surface area (Å²) in [6, 6.07) is 7.90. The number of rotatable bonds is 6. The van der Waals surface area contributed by atoms with Gasteiger partial charge in [0.25, 0.3) is 0 Å². The Morgan fingerprint density at radius 1 is 1.21 bits per heavy atom. The lowest BCUT2D eigenvalue weighted by molar-refractivity contribution is -0.138. The van der Waals surface area contributed by atoms with Crippen LogP contribution in [-0.2, 0) is 20.9 Å². The number of piperazine rings is 1. The number of carboxylic acids is 1. The minimum Gasteiger partial charge on any atom is -0.481 e. The van der Waals surface area contributed by atoms with Crippen molar-refractivity contribution in [2.24, 2.45) is 10.2 Å². The van der Waals surface area contributed by atoms with Gasteiger partial charge < -0.3 is 20.1 Å². The Hall–Kier alpha value is -2.92. The Balaban J connectivity index is 1.45. The molecule has 33 heavy (non-hydrogen) atoms. The first-order valence-electron chi connectivity index (χ1n) is 10.7. The molecular weight excluding hydrogens is 446 g/mol. The van der Waals surface area contributed by atoms with Crippen molar-refractivity contribution in [1.82, 2.24) is 15.1 Å². The van der Waals surface area contributed by atoms with Crippen molar-refractivity contribution in [3.63, 3.8) is 0 Å². The number of carbonyl (C=O) groups is 3. The molecule has 2 fully saturated rings. The molecule has 2 saturated heterocycles. The minimum atomic E-state index is -1.03. The number of amides is 2. The molecule has 1 aromatic carbocycles. The molecule has 11 heteroatoms. The molecule has 3 rings (SSSR count). The van der Waals surface area contributed by atoms with Crippen LogP contribution in [0.2, 0.25) is 0 Å². The third-order valence-corrected chi connectivity index (χ3v) is 5.97. The van der Waals surface area contributed by atoms with Gasteiger partial charge in [0.05, 0.1) is 12.6 Å². The van der Waals surface area contributed by atoms with Gasteiger partial charge in [-0.05, 0) is 31.9 Å². The highest BCUT2D eigenvalue weighted by Crippen LogP contribution is 2.22. The maximum absolute atomic E-state index is 12.2. The lowest BCUT2D eigenvalue weighted by atomic mass is 10.1. The molecule has 0 spiro atoms. The first kappa shape index (κ1) is 24.7. The highest BCUT2D eigenvalue weighted by atomic mass is 32.2. The second-order valence-electron chi connectivity index (χ2n) is 8.83. The van der Waals surface area contributed by atoms with Crippen LogP contribution in [0.3, 0.4) is 0 Å². The summed E-state index contributed by atoms with van der Waals surface area (Å²) in [7, 11) is 0. The highest BCUT2D eigenvalue weighted by Gasteiger charge is 2.32. The first-order chi connectivity index (χ1) is 15.6. The van der Waals surface area contributed by atoms with Crippen LogP contribution in [0.15, 0.2) is 34.5 Å². The Bertz CT molecular complexity index is 933. The largest absolute Gasteiger partial charge is 0.481 e. The van der Waals surface area contributed by atoms with Crippen LogP contribution in [0, 0.1) is 0 Å². The fourth-order valence-corrected chi connectivity index (χ4v) is 4.19. The Labute approximate surface area is 197 Å². The fourth-order valence-electron chi connectivity index (χ4n) is 3.28. The monoisotopic (exact) mass is 475 g/mol. The van der Waals surface area contributed by atoms with Gasteiger partial charge in [-0.1, -0.05) is 36.0 Å². The van der Waals surface area contributed by atoms with E-state index in [1.165, 1.54) is 0 Å². The quantitative estimate of drug-likeness (QED) is 0.477. The molecule has 2 aliphatic heterocycles. The number of amidine groups is 1. The van der Waals surface area contributed by atoms with Gasteiger partial charge in [-0.3, -0.25) is 14.5 Å². The third kappa shape index (κ3) is 7.86. The predicted octanol–water partition coefficient (Wildman–Crippen LogP) is 2.14. The number of hydrogen-bond donors (Lipinski definition) is 2. The van der Waals surface area contributed by atoms with E-state index in [2.05, 4.69) is 20.4 Å². The molecule has 2 heterocycles. The van der Waals surface area contributed by atoms with Crippen LogP contribution >= 0.6 is 11.8 Å². The zero-order valence-electron chi connectivity index (χ0n) is 19.0. The normalized spacial score (nSPS) is 20.9. The molecule has 1 atom stereocenters. The standard InChI is InChI=1S/C22H29N5O5S/c1-22(2,3)32-21(31)27-10-8-26(9-11-27)14-16-6-4-15(5-7-16)13-23-25-20-24-19(30)17(33-20)12-18(28)29/h4-7,13,17H,8-12,14H2,1-3H3,(H,28,29)(H,24,25,30). The zero-order chi connectivity index (χ0) is 24.0. The molecule has 0 bridgehead atoms. The summed E-state index contributed by atoms with van der Waals surface area (Å²) in [5, 5.41) is 18.9. The van der Waals surface area contributed by atoms with Gasteiger partial charge in [0.15, 0.2) is 5.17 Å². The van der Waals surface area contributed by atoms with Gasteiger partial charge in [-0.25, -0.2) is 4.79 Å². The Kier molecular flexibility index (Phi) is 8.09. The van der Waals surface area contributed by atoms with Gasteiger partial charge in [0.2, 0.25) is 5.91 Å². The third-order valence-electron chi connectivity index (χ3n) is 4.90. The van der Waals surface area contributed by atoms with Crippen LogP contribution in [0.4, 0.5) is 4.79 Å². The number of carbonyl (C=O) groups excluding carboxylic acids is 2. The second kappa shape index (κ2) is 10.8. The van der Waals surface area contributed by atoms with E-state index in [1.54, 1.807) is 11.1 Å². The number of thioether (sulfide) groups is 1. The Morgan fingerprint density at radius 2 is 1.88 bits per heavy atom. The number of nitrogens with one attached hydrogen (secondary N) is 1. The average Bonchev–Trinajstić information content (AvgIpc) is 3.07. The lowest BCUT2D eigenvalue weighted by Gasteiger charge is -2.35. The van der Waals surface area contributed by atoms with E-state index in [0.717, 1.165) is 42.5 Å². The molecule has 2 N–H and O–H groups in total. The van der Waals surface area contributed by atoms with Crippen molar-refractivity contribution >= 4 is 41.1 Å². The lowest BCUT2D eigenvalue weighted by Crippen LogP contribution is -2.49. The molecule has 1 unspecified atom stereocenters. The molecule has 0 saturated carbocycles. The van der Waals surface area contributed by atoms with E-state index in [9.17, 15) is 14.4 Å². The summed E-state index contributed by atoms with van der Waals surface area (Å²) in [6.45, 7) is 9.24. The molecule has 2 aliphatic rings. The maximum atomic E-state index is 12.2. The van der Waals surface area contributed by atoms with E-state index >= 15 is 0 Å². The molecule has 0 aliphatic carbocycles. The highest BCUT2D eigenvalue weighted by molar-refractivity contribution is 8.15. The number of hydrogen-bond acceptors (Lipinski definition) is 8. The molecule has 10 nitrogen and oxygen atoms in total. The zero-order valence-corrected chi connectivity index (χ0v) is 19.8.